The van der Waals surface area contributed by atoms with E-state index in [1.54, 1.807) is 66.5 Å². The molecule has 0 saturated carbocycles. The number of carbonyl (C=O) groups excluding carboxylic acids is 1. The van der Waals surface area contributed by atoms with Crippen LogP contribution in [0.15, 0.2) is 71.9 Å². The normalized spacial score (nSPS) is 11.2. The average molecular weight is 417 g/mol. The summed E-state index contributed by atoms with van der Waals surface area (Å²) in [6, 6.07) is 16.0. The van der Waals surface area contributed by atoms with Crippen molar-refractivity contribution >= 4 is 46.2 Å². The standard InChI is InChI=1S/C22H19N5O2S/c1-30-21-11-3-14(13-24-21)2-10-20(28)25-17-7-4-15(5-8-17)22-26-18-9-6-16(23)12-19(18)27(22)29/h2-13,29H,23H2,1H3,(H,25,28)/b10-2+. The highest BCUT2D eigenvalue weighted by Crippen LogP contribution is 2.26. The highest BCUT2D eigenvalue weighted by molar-refractivity contribution is 7.98. The molecule has 0 aliphatic rings. The summed E-state index contributed by atoms with van der Waals surface area (Å²) >= 11 is 1.56. The second kappa shape index (κ2) is 8.30. The maximum Gasteiger partial charge on any atom is 0.248 e. The zero-order chi connectivity index (χ0) is 21.1. The second-order valence-corrected chi connectivity index (χ2v) is 7.36. The fraction of sp³-hybridized carbons (Fsp3) is 0.0455. The molecule has 0 aliphatic carbocycles. The Kier molecular flexibility index (Phi) is 5.40. The first-order chi connectivity index (χ1) is 14.5. The van der Waals surface area contributed by atoms with Crippen molar-refractivity contribution < 1.29 is 10.0 Å². The van der Waals surface area contributed by atoms with Gasteiger partial charge in [-0.3, -0.25) is 4.79 Å². The number of hydrogen-bond acceptors (Lipinski definition) is 6. The molecule has 0 bridgehead atoms. The van der Waals surface area contributed by atoms with Crippen molar-refractivity contribution in [3.05, 3.63) is 72.4 Å². The largest absolute Gasteiger partial charge is 0.426 e. The van der Waals surface area contributed by atoms with Crippen LogP contribution in [0.5, 0.6) is 0 Å². The predicted molar refractivity (Wildman–Crippen MR) is 120 cm³/mol. The third kappa shape index (κ3) is 4.13. The van der Waals surface area contributed by atoms with Crippen molar-refractivity contribution in [3.63, 3.8) is 0 Å². The van der Waals surface area contributed by atoms with E-state index in [2.05, 4.69) is 15.3 Å². The lowest BCUT2D eigenvalue weighted by Gasteiger charge is -2.05. The molecule has 1 amide bonds. The molecule has 4 aromatic rings. The van der Waals surface area contributed by atoms with Gasteiger partial charge in [-0.25, -0.2) is 9.97 Å². The molecule has 0 aliphatic heterocycles. The number of amides is 1. The summed E-state index contributed by atoms with van der Waals surface area (Å²) in [5.74, 6) is 0.149. The van der Waals surface area contributed by atoms with Crippen LogP contribution in [-0.4, -0.2) is 32.1 Å². The Morgan fingerprint density at radius 3 is 2.67 bits per heavy atom. The predicted octanol–water partition coefficient (Wildman–Crippen LogP) is 4.29. The molecule has 0 atom stereocenters. The summed E-state index contributed by atoms with van der Waals surface area (Å²) < 4.78 is 1.01. The zero-order valence-corrected chi connectivity index (χ0v) is 16.9. The van der Waals surface area contributed by atoms with Crippen molar-refractivity contribution in [1.29, 1.82) is 0 Å². The smallest absolute Gasteiger partial charge is 0.248 e. The maximum atomic E-state index is 12.2. The summed E-state index contributed by atoms with van der Waals surface area (Å²) in [5.41, 5.74) is 9.69. The van der Waals surface area contributed by atoms with E-state index in [-0.39, 0.29) is 5.91 Å². The van der Waals surface area contributed by atoms with Gasteiger partial charge in [0, 0.05) is 29.2 Å². The van der Waals surface area contributed by atoms with Crippen molar-refractivity contribution in [2.24, 2.45) is 0 Å². The van der Waals surface area contributed by atoms with Crippen LogP contribution in [0, 0.1) is 0 Å². The van der Waals surface area contributed by atoms with E-state index in [4.69, 9.17) is 5.73 Å². The van der Waals surface area contributed by atoms with E-state index in [1.807, 2.05) is 18.4 Å². The van der Waals surface area contributed by atoms with Crippen molar-refractivity contribution in [2.75, 3.05) is 17.3 Å². The molecule has 4 rings (SSSR count). The van der Waals surface area contributed by atoms with Crippen LogP contribution in [0.2, 0.25) is 0 Å². The third-order valence-corrected chi connectivity index (χ3v) is 5.12. The van der Waals surface area contributed by atoms with Gasteiger partial charge in [-0.2, -0.15) is 4.73 Å². The second-order valence-electron chi connectivity index (χ2n) is 6.53. The number of nitrogens with zero attached hydrogens (tertiary/aromatic N) is 3. The number of pyridine rings is 1. The molecule has 4 N–H and O–H groups in total. The van der Waals surface area contributed by atoms with E-state index in [0.29, 0.717) is 33.8 Å². The average Bonchev–Trinajstić information content (AvgIpc) is 3.09. The lowest BCUT2D eigenvalue weighted by Crippen LogP contribution is -2.07. The molecule has 30 heavy (non-hydrogen) atoms. The number of rotatable bonds is 5. The first-order valence-corrected chi connectivity index (χ1v) is 10.3. The molecule has 2 heterocycles. The number of imidazole rings is 1. The van der Waals surface area contributed by atoms with Crippen LogP contribution in [-0.2, 0) is 4.79 Å². The molecule has 2 aromatic heterocycles. The van der Waals surface area contributed by atoms with E-state index in [0.717, 1.165) is 15.3 Å². The molecule has 0 fully saturated rings. The number of anilines is 2. The van der Waals surface area contributed by atoms with Gasteiger partial charge in [0.1, 0.15) is 5.52 Å². The van der Waals surface area contributed by atoms with Gasteiger partial charge in [0.2, 0.25) is 5.91 Å². The van der Waals surface area contributed by atoms with Crippen LogP contribution >= 0.6 is 11.8 Å². The molecule has 2 aromatic carbocycles. The first kappa shape index (κ1) is 19.5. The quantitative estimate of drug-likeness (QED) is 0.194. The first-order valence-electron chi connectivity index (χ1n) is 9.10. The Morgan fingerprint density at radius 1 is 1.17 bits per heavy atom. The number of fused-ring (bicyclic) bond motifs is 1. The fourth-order valence-corrected chi connectivity index (χ4v) is 3.30. The topological polar surface area (TPSA) is 106 Å². The Hall–Kier alpha value is -3.78. The molecule has 0 saturated heterocycles. The SMILES string of the molecule is CSc1ccc(/C=C/C(=O)Nc2ccc(-c3nc4ccc(N)cc4n3O)cc2)cn1. The molecule has 0 radical (unpaired) electrons. The highest BCUT2D eigenvalue weighted by Gasteiger charge is 2.12. The molecular formula is C22H19N5O2S. The Labute approximate surface area is 177 Å². The summed E-state index contributed by atoms with van der Waals surface area (Å²) in [6.07, 6.45) is 6.85. The minimum atomic E-state index is -0.249. The van der Waals surface area contributed by atoms with Gasteiger partial charge in [0.15, 0.2) is 5.82 Å². The number of nitrogens with two attached hydrogens (primary N) is 1. The van der Waals surface area contributed by atoms with Crippen LogP contribution in [0.4, 0.5) is 11.4 Å². The van der Waals surface area contributed by atoms with Gasteiger partial charge in [-0.1, -0.05) is 6.07 Å². The zero-order valence-electron chi connectivity index (χ0n) is 16.1. The third-order valence-electron chi connectivity index (χ3n) is 4.46. The monoisotopic (exact) mass is 417 g/mol. The van der Waals surface area contributed by atoms with Gasteiger partial charge in [0.25, 0.3) is 0 Å². The number of carbonyl (C=O) groups is 1. The maximum absolute atomic E-state index is 12.2. The van der Waals surface area contributed by atoms with Gasteiger partial charge in [-0.05, 0) is 66.4 Å². The van der Waals surface area contributed by atoms with Gasteiger partial charge >= 0.3 is 0 Å². The number of nitrogen functional groups attached to an aromatic ring is 1. The lowest BCUT2D eigenvalue weighted by molar-refractivity contribution is -0.111. The number of nitrogens with one attached hydrogen (secondary N) is 1. The van der Waals surface area contributed by atoms with Crippen molar-refractivity contribution in [3.8, 4) is 11.4 Å². The number of hydrogen-bond donors (Lipinski definition) is 3. The molecule has 8 heteroatoms. The van der Waals surface area contributed by atoms with Gasteiger partial charge < -0.3 is 16.3 Å². The minimum absolute atomic E-state index is 0.249. The molecule has 0 spiro atoms. The van der Waals surface area contributed by atoms with Gasteiger partial charge in [-0.15, -0.1) is 11.8 Å². The molecule has 7 nitrogen and oxygen atoms in total. The number of benzene rings is 2. The number of aromatic nitrogens is 3. The molecule has 0 unspecified atom stereocenters. The van der Waals surface area contributed by atoms with Crippen molar-refractivity contribution in [1.82, 2.24) is 14.7 Å². The Bertz CT molecular complexity index is 1230. The van der Waals surface area contributed by atoms with Crippen LogP contribution < -0.4 is 11.1 Å². The van der Waals surface area contributed by atoms with Crippen molar-refractivity contribution in [2.45, 2.75) is 5.03 Å². The van der Waals surface area contributed by atoms with E-state index < -0.39 is 0 Å². The highest BCUT2D eigenvalue weighted by atomic mass is 32.2. The van der Waals surface area contributed by atoms with Crippen LogP contribution in [0.1, 0.15) is 5.56 Å². The summed E-state index contributed by atoms with van der Waals surface area (Å²) in [7, 11) is 0. The lowest BCUT2D eigenvalue weighted by atomic mass is 10.2. The van der Waals surface area contributed by atoms with E-state index in [9.17, 15) is 10.0 Å². The fourth-order valence-electron chi connectivity index (χ4n) is 2.94. The Balaban J connectivity index is 1.46. The van der Waals surface area contributed by atoms with E-state index >= 15 is 0 Å². The van der Waals surface area contributed by atoms with Crippen LogP contribution in [0.3, 0.4) is 0 Å². The molecule has 150 valence electrons. The molecular weight excluding hydrogens is 398 g/mol. The van der Waals surface area contributed by atoms with Crippen LogP contribution in [0.25, 0.3) is 28.5 Å². The summed E-state index contributed by atoms with van der Waals surface area (Å²) in [5, 5.41) is 14.1. The summed E-state index contributed by atoms with van der Waals surface area (Å²) in [4.78, 5) is 20.9. The summed E-state index contributed by atoms with van der Waals surface area (Å²) in [6.45, 7) is 0. The van der Waals surface area contributed by atoms with Gasteiger partial charge in [0.05, 0.1) is 10.5 Å². The minimum Gasteiger partial charge on any atom is -0.426 e. The van der Waals surface area contributed by atoms with E-state index in [1.165, 1.54) is 6.08 Å². The Morgan fingerprint density at radius 2 is 1.97 bits per heavy atom. The number of thioether (sulfide) groups is 1.